The number of likely N-dealkylation sites (N-methyl/N-ethyl adjacent to an activating group) is 1. The fourth-order valence-corrected chi connectivity index (χ4v) is 1.88. The zero-order chi connectivity index (χ0) is 11.3. The molecule has 0 aromatic carbocycles. The third kappa shape index (κ3) is 4.42. The van der Waals surface area contributed by atoms with Gasteiger partial charge in [0.15, 0.2) is 0 Å². The van der Waals surface area contributed by atoms with Crippen LogP contribution in [0.4, 0.5) is 0 Å². The Morgan fingerprint density at radius 1 is 1.60 bits per heavy atom. The van der Waals surface area contributed by atoms with Crippen molar-refractivity contribution in [1.29, 1.82) is 0 Å². The van der Waals surface area contributed by atoms with Crippen LogP contribution in [0.2, 0.25) is 0 Å². The zero-order valence-corrected chi connectivity index (χ0v) is 10.4. The first-order valence-corrected chi connectivity index (χ1v) is 6.10. The third-order valence-corrected chi connectivity index (χ3v) is 2.99. The van der Waals surface area contributed by atoms with E-state index in [2.05, 4.69) is 18.8 Å². The van der Waals surface area contributed by atoms with E-state index in [-0.39, 0.29) is 5.91 Å². The predicted octanol–water partition coefficient (Wildman–Crippen LogP) is 2.19. The number of nitrogens with zero attached hydrogens (tertiary/aromatic N) is 2. The Balaban J connectivity index is 2.29. The fraction of sp³-hybridized carbons (Fsp3) is 0.636. The van der Waals surface area contributed by atoms with Crippen LogP contribution in [-0.4, -0.2) is 29.4 Å². The minimum atomic E-state index is 0.224. The first kappa shape index (κ1) is 12.2. The molecule has 0 aliphatic carbocycles. The van der Waals surface area contributed by atoms with E-state index in [1.165, 1.54) is 0 Å². The van der Waals surface area contributed by atoms with Crippen LogP contribution in [0.5, 0.6) is 0 Å². The molecule has 0 aliphatic rings. The minimum Gasteiger partial charge on any atom is -0.345 e. The second-order valence-electron chi connectivity index (χ2n) is 4.09. The van der Waals surface area contributed by atoms with Gasteiger partial charge in [-0.15, -0.1) is 11.3 Å². The number of carbonyl (C=O) groups excluding carboxylic acids is 1. The normalized spacial score (nSPS) is 10.7. The summed E-state index contributed by atoms with van der Waals surface area (Å²) < 4.78 is 0. The summed E-state index contributed by atoms with van der Waals surface area (Å²) in [7, 11) is 1.86. The van der Waals surface area contributed by atoms with Crippen LogP contribution in [-0.2, 0) is 11.2 Å². The van der Waals surface area contributed by atoms with E-state index < -0.39 is 0 Å². The second-order valence-corrected chi connectivity index (χ2v) is 5.07. The lowest BCUT2D eigenvalue weighted by Gasteiger charge is -2.17. The molecule has 0 bridgehead atoms. The number of hydrogen-bond acceptors (Lipinski definition) is 3. The van der Waals surface area contributed by atoms with Crippen molar-refractivity contribution in [2.24, 2.45) is 5.92 Å². The van der Waals surface area contributed by atoms with Crippen molar-refractivity contribution in [3.8, 4) is 0 Å². The number of hydrogen-bond donors (Lipinski definition) is 0. The van der Waals surface area contributed by atoms with E-state index in [9.17, 15) is 4.79 Å². The van der Waals surface area contributed by atoms with Crippen molar-refractivity contribution in [3.63, 3.8) is 0 Å². The molecule has 4 heteroatoms. The van der Waals surface area contributed by atoms with Crippen molar-refractivity contribution < 1.29 is 4.79 Å². The van der Waals surface area contributed by atoms with E-state index in [0.717, 1.165) is 18.0 Å². The average Bonchev–Trinajstić information content (AvgIpc) is 2.65. The monoisotopic (exact) mass is 226 g/mol. The van der Waals surface area contributed by atoms with Crippen LogP contribution >= 0.6 is 11.3 Å². The highest BCUT2D eigenvalue weighted by Crippen LogP contribution is 2.07. The Hall–Kier alpha value is -0.900. The molecule has 0 unspecified atom stereocenters. The number of carbonyl (C=O) groups is 1. The average molecular weight is 226 g/mol. The zero-order valence-electron chi connectivity index (χ0n) is 9.56. The molecular weight excluding hydrogens is 208 g/mol. The summed E-state index contributed by atoms with van der Waals surface area (Å²) in [6.07, 6.45) is 3.29. The van der Waals surface area contributed by atoms with Gasteiger partial charge in [-0.2, -0.15) is 0 Å². The number of thiazole rings is 1. The minimum absolute atomic E-state index is 0.224. The van der Waals surface area contributed by atoms with Gasteiger partial charge >= 0.3 is 0 Å². The molecule has 0 N–H and O–H groups in total. The summed E-state index contributed by atoms with van der Waals surface area (Å²) in [6.45, 7) is 4.89. The van der Waals surface area contributed by atoms with Gasteiger partial charge in [-0.05, 0) is 5.92 Å². The molecule has 1 aromatic heterocycles. The lowest BCUT2D eigenvalue weighted by Crippen LogP contribution is -2.29. The SMILES string of the molecule is CC(C)CC(=O)N(C)CCc1nccs1. The van der Waals surface area contributed by atoms with Gasteiger partial charge in [0.05, 0.1) is 5.01 Å². The number of aromatic nitrogens is 1. The molecule has 0 radical (unpaired) electrons. The standard InChI is InChI=1S/C11H18N2OS/c1-9(2)8-11(14)13(3)6-4-10-12-5-7-15-10/h5,7,9H,4,6,8H2,1-3H3. The van der Waals surface area contributed by atoms with Crippen molar-refractivity contribution in [3.05, 3.63) is 16.6 Å². The number of amides is 1. The maximum atomic E-state index is 11.6. The summed E-state index contributed by atoms with van der Waals surface area (Å²) in [5.74, 6) is 0.654. The van der Waals surface area contributed by atoms with E-state index >= 15 is 0 Å². The topological polar surface area (TPSA) is 33.2 Å². The molecule has 84 valence electrons. The van der Waals surface area contributed by atoms with Gasteiger partial charge in [-0.3, -0.25) is 4.79 Å². The molecular formula is C11H18N2OS. The van der Waals surface area contributed by atoms with Gasteiger partial charge in [0.25, 0.3) is 0 Å². The quantitative estimate of drug-likeness (QED) is 0.771. The highest BCUT2D eigenvalue weighted by molar-refractivity contribution is 7.09. The number of rotatable bonds is 5. The molecule has 0 atom stereocenters. The first-order valence-electron chi connectivity index (χ1n) is 5.22. The molecule has 0 spiro atoms. The molecule has 1 heterocycles. The van der Waals surface area contributed by atoms with Gasteiger partial charge in [0.2, 0.25) is 5.91 Å². The predicted molar refractivity (Wildman–Crippen MR) is 62.9 cm³/mol. The van der Waals surface area contributed by atoms with E-state index in [1.807, 2.05) is 12.4 Å². The van der Waals surface area contributed by atoms with E-state index in [0.29, 0.717) is 12.3 Å². The van der Waals surface area contributed by atoms with Crippen LogP contribution in [0.1, 0.15) is 25.3 Å². The second kappa shape index (κ2) is 5.85. The Bertz CT molecular complexity index is 296. The van der Waals surface area contributed by atoms with Crippen LogP contribution in [0.3, 0.4) is 0 Å². The van der Waals surface area contributed by atoms with E-state index in [4.69, 9.17) is 0 Å². The molecule has 3 nitrogen and oxygen atoms in total. The molecule has 0 fully saturated rings. The molecule has 0 saturated carbocycles. The highest BCUT2D eigenvalue weighted by atomic mass is 32.1. The summed E-state index contributed by atoms with van der Waals surface area (Å²) in [4.78, 5) is 17.6. The molecule has 1 amide bonds. The molecule has 1 aromatic rings. The first-order chi connectivity index (χ1) is 7.09. The molecule has 1 rings (SSSR count). The lowest BCUT2D eigenvalue weighted by atomic mass is 10.1. The lowest BCUT2D eigenvalue weighted by molar-refractivity contribution is -0.130. The maximum Gasteiger partial charge on any atom is 0.222 e. The van der Waals surface area contributed by atoms with Crippen molar-refractivity contribution in [2.75, 3.05) is 13.6 Å². The van der Waals surface area contributed by atoms with E-state index in [1.54, 1.807) is 22.4 Å². The van der Waals surface area contributed by atoms with Gasteiger partial charge in [-0.1, -0.05) is 13.8 Å². The highest BCUT2D eigenvalue weighted by Gasteiger charge is 2.10. The fourth-order valence-electron chi connectivity index (χ4n) is 1.27. The third-order valence-electron chi connectivity index (χ3n) is 2.15. The molecule has 0 saturated heterocycles. The van der Waals surface area contributed by atoms with Crippen LogP contribution in [0.15, 0.2) is 11.6 Å². The largest absolute Gasteiger partial charge is 0.345 e. The summed E-state index contributed by atoms with van der Waals surface area (Å²) in [5, 5.41) is 3.06. The van der Waals surface area contributed by atoms with Crippen molar-refractivity contribution in [1.82, 2.24) is 9.88 Å². The van der Waals surface area contributed by atoms with Gasteiger partial charge in [0, 0.05) is 38.0 Å². The smallest absolute Gasteiger partial charge is 0.222 e. The van der Waals surface area contributed by atoms with Crippen LogP contribution in [0.25, 0.3) is 0 Å². The summed E-state index contributed by atoms with van der Waals surface area (Å²) >= 11 is 1.64. The van der Waals surface area contributed by atoms with Gasteiger partial charge < -0.3 is 4.90 Å². The van der Waals surface area contributed by atoms with Crippen LogP contribution < -0.4 is 0 Å². The maximum absolute atomic E-state index is 11.6. The summed E-state index contributed by atoms with van der Waals surface area (Å²) in [5.41, 5.74) is 0. The molecule has 0 aliphatic heterocycles. The molecule has 15 heavy (non-hydrogen) atoms. The van der Waals surface area contributed by atoms with Crippen molar-refractivity contribution >= 4 is 17.2 Å². The van der Waals surface area contributed by atoms with Crippen LogP contribution in [0, 0.1) is 5.92 Å². The summed E-state index contributed by atoms with van der Waals surface area (Å²) in [6, 6.07) is 0. The van der Waals surface area contributed by atoms with Crippen molar-refractivity contribution in [2.45, 2.75) is 26.7 Å². The Kier molecular flexibility index (Phi) is 4.75. The Morgan fingerprint density at radius 2 is 2.33 bits per heavy atom. The van der Waals surface area contributed by atoms with Gasteiger partial charge in [-0.25, -0.2) is 4.98 Å². The van der Waals surface area contributed by atoms with Gasteiger partial charge in [0.1, 0.15) is 0 Å². The Morgan fingerprint density at radius 3 is 2.87 bits per heavy atom. The Labute approximate surface area is 95.1 Å².